The van der Waals surface area contributed by atoms with Crippen molar-refractivity contribution in [3.8, 4) is 0 Å². The summed E-state index contributed by atoms with van der Waals surface area (Å²) in [5, 5.41) is 0. The number of likely N-dealkylation sites (tertiary alicyclic amines) is 2. The van der Waals surface area contributed by atoms with Crippen molar-refractivity contribution in [2.45, 2.75) is 110 Å². The number of carbonyl (C=O) groups is 4. The van der Waals surface area contributed by atoms with Gasteiger partial charge in [0.2, 0.25) is 5.91 Å². The van der Waals surface area contributed by atoms with Crippen molar-refractivity contribution in [1.29, 1.82) is 0 Å². The Balaban J connectivity index is 2.07. The number of esters is 1. The van der Waals surface area contributed by atoms with Crippen LogP contribution in [-0.4, -0.2) is 75.8 Å². The van der Waals surface area contributed by atoms with E-state index in [0.29, 0.717) is 25.7 Å². The molecule has 10 heteroatoms. The molecule has 2 heterocycles. The van der Waals surface area contributed by atoms with Crippen molar-refractivity contribution < 1.29 is 33.4 Å². The lowest BCUT2D eigenvalue weighted by atomic mass is 10.2. The number of rotatable bonds is 4. The number of nitrogens with zero attached hydrogens (tertiary/aromatic N) is 2. The lowest BCUT2D eigenvalue weighted by molar-refractivity contribution is -0.150. The van der Waals surface area contributed by atoms with Crippen LogP contribution >= 0.6 is 0 Å². The Kier molecular flexibility index (Phi) is 7.67. The lowest BCUT2D eigenvalue weighted by Crippen LogP contribution is -2.51. The van der Waals surface area contributed by atoms with Gasteiger partial charge < -0.3 is 19.9 Å². The number of hydrogen-bond acceptors (Lipinski definition) is 7. The molecule has 2 fully saturated rings. The first-order valence-corrected chi connectivity index (χ1v) is 11.1. The van der Waals surface area contributed by atoms with Crippen LogP contribution in [0.2, 0.25) is 0 Å². The van der Waals surface area contributed by atoms with Crippen LogP contribution in [0.1, 0.15) is 74.1 Å². The molecule has 0 aromatic rings. The molecule has 2 saturated heterocycles. The summed E-state index contributed by atoms with van der Waals surface area (Å²) >= 11 is 0. The van der Waals surface area contributed by atoms with E-state index in [1.165, 1.54) is 9.80 Å². The zero-order chi connectivity index (χ0) is 24.4. The summed E-state index contributed by atoms with van der Waals surface area (Å²) < 4.78 is 16.4. The highest BCUT2D eigenvalue weighted by Gasteiger charge is 2.45. The molecule has 2 aliphatic heterocycles. The van der Waals surface area contributed by atoms with Gasteiger partial charge in [-0.05, 0) is 74.1 Å². The van der Waals surface area contributed by atoms with Crippen molar-refractivity contribution in [3.05, 3.63) is 0 Å². The number of amides is 3. The van der Waals surface area contributed by atoms with Gasteiger partial charge in [0.05, 0.1) is 6.04 Å². The Morgan fingerprint density at radius 1 is 0.812 bits per heavy atom. The number of hydrogen-bond donors (Lipinski definition) is 1. The van der Waals surface area contributed by atoms with Gasteiger partial charge in [-0.25, -0.2) is 14.4 Å². The zero-order valence-corrected chi connectivity index (χ0v) is 20.2. The highest BCUT2D eigenvalue weighted by Crippen LogP contribution is 2.29. The zero-order valence-electron chi connectivity index (χ0n) is 20.2. The third-order valence-corrected chi connectivity index (χ3v) is 5.40. The maximum Gasteiger partial charge on any atom is 0.411 e. The molecule has 2 aliphatic rings. The van der Waals surface area contributed by atoms with Crippen molar-refractivity contribution in [2.24, 2.45) is 5.73 Å². The molecule has 2 N–H and O–H groups in total. The average molecular weight is 456 g/mol. The SMILES string of the molecule is C[C@H]1CC[C@@H](C(=O)OC[C@H]2CC[C@@H](C(N)=O)N2C(=O)OC(C)(C)C)N1C(=O)OC(C)(C)C. The summed E-state index contributed by atoms with van der Waals surface area (Å²) in [6.45, 7) is 12.2. The molecule has 0 aromatic carbocycles. The molecule has 0 radical (unpaired) electrons. The second-order valence-corrected chi connectivity index (χ2v) is 10.5. The number of ether oxygens (including phenoxy) is 3. The first-order chi connectivity index (χ1) is 14.6. The summed E-state index contributed by atoms with van der Waals surface area (Å²) in [6.07, 6.45) is 0.678. The van der Waals surface area contributed by atoms with Crippen molar-refractivity contribution in [2.75, 3.05) is 6.61 Å². The molecular weight excluding hydrogens is 418 g/mol. The highest BCUT2D eigenvalue weighted by molar-refractivity contribution is 5.85. The van der Waals surface area contributed by atoms with Crippen LogP contribution in [0.15, 0.2) is 0 Å². The monoisotopic (exact) mass is 455 g/mol. The van der Waals surface area contributed by atoms with Gasteiger partial charge >= 0.3 is 18.2 Å². The molecule has 32 heavy (non-hydrogen) atoms. The molecule has 0 aromatic heterocycles. The molecule has 3 amide bonds. The summed E-state index contributed by atoms with van der Waals surface area (Å²) in [6, 6.07) is -2.28. The van der Waals surface area contributed by atoms with E-state index in [-0.39, 0.29) is 12.6 Å². The molecule has 0 saturated carbocycles. The molecule has 2 rings (SSSR count). The minimum atomic E-state index is -0.821. The highest BCUT2D eigenvalue weighted by atomic mass is 16.6. The van der Waals surface area contributed by atoms with Crippen LogP contribution in [0.3, 0.4) is 0 Å². The van der Waals surface area contributed by atoms with Gasteiger partial charge in [-0.2, -0.15) is 0 Å². The van der Waals surface area contributed by atoms with Gasteiger partial charge in [0.25, 0.3) is 0 Å². The van der Waals surface area contributed by atoms with Gasteiger partial charge in [-0.15, -0.1) is 0 Å². The molecule has 10 nitrogen and oxygen atoms in total. The number of nitrogens with two attached hydrogens (primary N) is 1. The third kappa shape index (κ3) is 6.49. The van der Waals surface area contributed by atoms with E-state index >= 15 is 0 Å². The predicted octanol–water partition coefficient (Wildman–Crippen LogP) is 2.57. The molecule has 4 atom stereocenters. The van der Waals surface area contributed by atoms with Gasteiger partial charge in [0.1, 0.15) is 29.9 Å². The van der Waals surface area contributed by atoms with Crippen molar-refractivity contribution in [1.82, 2.24) is 9.80 Å². The van der Waals surface area contributed by atoms with Gasteiger partial charge in [-0.1, -0.05) is 0 Å². The first kappa shape index (κ1) is 25.7. The third-order valence-electron chi connectivity index (χ3n) is 5.40. The second kappa shape index (κ2) is 9.54. The minimum Gasteiger partial charge on any atom is -0.462 e. The van der Waals surface area contributed by atoms with Crippen molar-refractivity contribution in [3.63, 3.8) is 0 Å². The Bertz CT molecular complexity index is 741. The van der Waals surface area contributed by atoms with E-state index in [4.69, 9.17) is 19.9 Å². The van der Waals surface area contributed by atoms with Crippen LogP contribution < -0.4 is 5.73 Å². The molecule has 0 spiro atoms. The maximum absolute atomic E-state index is 12.9. The summed E-state index contributed by atoms with van der Waals surface area (Å²) in [4.78, 5) is 52.7. The molecular formula is C22H37N3O7. The van der Waals surface area contributed by atoms with Gasteiger partial charge in [0.15, 0.2) is 0 Å². The maximum atomic E-state index is 12.9. The fourth-order valence-corrected chi connectivity index (χ4v) is 4.03. The molecule has 0 aliphatic carbocycles. The van der Waals surface area contributed by atoms with Crippen LogP contribution in [0, 0.1) is 0 Å². The average Bonchev–Trinajstić information content (AvgIpc) is 3.20. The van der Waals surface area contributed by atoms with Crippen LogP contribution in [0.4, 0.5) is 9.59 Å². The standard InChI is InChI=1S/C22H37N3O7/c1-13-8-10-16(24(13)19(28)31-21(2,3)4)18(27)30-12-14-9-11-15(17(23)26)25(14)20(29)32-22(5,6)7/h13-16H,8-12H2,1-7H3,(H2,23,26)/t13-,14+,15-,16-/m0/s1. The van der Waals surface area contributed by atoms with Gasteiger partial charge in [-0.3, -0.25) is 14.6 Å². The summed E-state index contributed by atoms with van der Waals surface area (Å²) in [7, 11) is 0. The molecule has 182 valence electrons. The normalized spacial score (nSPS) is 26.1. The fraction of sp³-hybridized carbons (Fsp3) is 0.818. The molecule has 0 unspecified atom stereocenters. The van der Waals surface area contributed by atoms with E-state index in [1.807, 2.05) is 6.92 Å². The number of carbonyl (C=O) groups excluding carboxylic acids is 4. The fourth-order valence-electron chi connectivity index (χ4n) is 4.03. The Morgan fingerprint density at radius 3 is 1.81 bits per heavy atom. The van der Waals surface area contributed by atoms with E-state index in [2.05, 4.69) is 0 Å². The second-order valence-electron chi connectivity index (χ2n) is 10.5. The summed E-state index contributed by atoms with van der Waals surface area (Å²) in [5.41, 5.74) is 4.03. The Labute approximate surface area is 189 Å². The quantitative estimate of drug-likeness (QED) is 0.509. The van der Waals surface area contributed by atoms with E-state index < -0.39 is 53.4 Å². The van der Waals surface area contributed by atoms with E-state index in [0.717, 1.165) is 0 Å². The summed E-state index contributed by atoms with van der Waals surface area (Å²) in [5.74, 6) is -1.20. The van der Waals surface area contributed by atoms with Crippen LogP contribution in [0.25, 0.3) is 0 Å². The van der Waals surface area contributed by atoms with E-state index in [9.17, 15) is 19.2 Å². The molecule has 0 bridgehead atoms. The first-order valence-electron chi connectivity index (χ1n) is 11.1. The largest absolute Gasteiger partial charge is 0.462 e. The van der Waals surface area contributed by atoms with Crippen LogP contribution in [-0.2, 0) is 23.8 Å². The topological polar surface area (TPSA) is 128 Å². The van der Waals surface area contributed by atoms with Crippen molar-refractivity contribution >= 4 is 24.1 Å². The van der Waals surface area contributed by atoms with E-state index in [1.54, 1.807) is 41.5 Å². The Hall–Kier alpha value is -2.52. The lowest BCUT2D eigenvalue weighted by Gasteiger charge is -2.32. The minimum absolute atomic E-state index is 0.116. The van der Waals surface area contributed by atoms with Crippen LogP contribution in [0.5, 0.6) is 0 Å². The smallest absolute Gasteiger partial charge is 0.411 e. The van der Waals surface area contributed by atoms with Gasteiger partial charge in [0, 0.05) is 6.04 Å². The Morgan fingerprint density at radius 2 is 1.31 bits per heavy atom. The predicted molar refractivity (Wildman–Crippen MR) is 116 cm³/mol. The number of primary amides is 1.